The SMILES string of the molecule is CC(=O)N1[C@H](C(=O)N2CCOCC2)CS[C@H]1c1ccc(Br)cc1. The fourth-order valence-corrected chi connectivity index (χ4v) is 4.70. The van der Waals surface area contributed by atoms with Crippen molar-refractivity contribution in [3.8, 4) is 0 Å². The van der Waals surface area contributed by atoms with Crippen LogP contribution < -0.4 is 0 Å². The van der Waals surface area contributed by atoms with Crippen LogP contribution >= 0.6 is 27.7 Å². The minimum Gasteiger partial charge on any atom is -0.378 e. The lowest BCUT2D eigenvalue weighted by atomic mass is 10.1. The van der Waals surface area contributed by atoms with Gasteiger partial charge in [-0.05, 0) is 17.7 Å². The second kappa shape index (κ2) is 7.23. The Morgan fingerprint density at radius 3 is 2.48 bits per heavy atom. The molecule has 2 aliphatic rings. The summed E-state index contributed by atoms with van der Waals surface area (Å²) in [4.78, 5) is 28.5. The number of thioether (sulfide) groups is 1. The molecule has 2 fully saturated rings. The molecule has 0 spiro atoms. The van der Waals surface area contributed by atoms with E-state index in [0.717, 1.165) is 10.0 Å². The molecular weight excluding hydrogens is 380 g/mol. The monoisotopic (exact) mass is 398 g/mol. The highest BCUT2D eigenvalue weighted by molar-refractivity contribution is 9.10. The van der Waals surface area contributed by atoms with Gasteiger partial charge in [-0.3, -0.25) is 9.59 Å². The maximum atomic E-state index is 12.8. The normalized spacial score (nSPS) is 24.8. The van der Waals surface area contributed by atoms with Crippen LogP contribution in [0.25, 0.3) is 0 Å². The standard InChI is InChI=1S/C16H19BrN2O3S/c1-11(20)19-14(15(21)18-6-8-22-9-7-18)10-23-16(19)12-2-4-13(17)5-3-12/h2-5,14,16H,6-10H2,1H3/t14-,16-/m0/s1. The molecule has 3 rings (SSSR count). The van der Waals surface area contributed by atoms with Crippen LogP contribution in [0.15, 0.2) is 28.7 Å². The van der Waals surface area contributed by atoms with Crippen molar-refractivity contribution in [1.29, 1.82) is 0 Å². The highest BCUT2D eigenvalue weighted by Crippen LogP contribution is 2.42. The van der Waals surface area contributed by atoms with E-state index >= 15 is 0 Å². The predicted molar refractivity (Wildman–Crippen MR) is 93.0 cm³/mol. The van der Waals surface area contributed by atoms with Crippen molar-refractivity contribution in [3.05, 3.63) is 34.3 Å². The van der Waals surface area contributed by atoms with Crippen molar-refractivity contribution >= 4 is 39.5 Å². The van der Waals surface area contributed by atoms with Crippen LogP contribution in [0.2, 0.25) is 0 Å². The van der Waals surface area contributed by atoms with Gasteiger partial charge in [-0.2, -0.15) is 0 Å². The van der Waals surface area contributed by atoms with E-state index in [-0.39, 0.29) is 23.2 Å². The summed E-state index contributed by atoms with van der Waals surface area (Å²) in [6.07, 6.45) is 0. The lowest BCUT2D eigenvalue weighted by Gasteiger charge is -2.33. The van der Waals surface area contributed by atoms with Crippen LogP contribution in [0.5, 0.6) is 0 Å². The summed E-state index contributed by atoms with van der Waals surface area (Å²) in [6, 6.07) is 7.54. The van der Waals surface area contributed by atoms with Gasteiger partial charge < -0.3 is 14.5 Å². The Morgan fingerprint density at radius 2 is 1.87 bits per heavy atom. The van der Waals surface area contributed by atoms with Crippen molar-refractivity contribution in [3.63, 3.8) is 0 Å². The molecule has 0 aliphatic carbocycles. The van der Waals surface area contributed by atoms with E-state index < -0.39 is 0 Å². The Bertz CT molecular complexity index is 589. The summed E-state index contributed by atoms with van der Waals surface area (Å²) in [6.45, 7) is 3.89. The number of nitrogens with zero attached hydrogens (tertiary/aromatic N) is 2. The summed E-state index contributed by atoms with van der Waals surface area (Å²) in [5.74, 6) is 0.612. The number of hydrogen-bond acceptors (Lipinski definition) is 4. The predicted octanol–water partition coefficient (Wildman–Crippen LogP) is 2.27. The molecular formula is C16H19BrN2O3S. The largest absolute Gasteiger partial charge is 0.378 e. The van der Waals surface area contributed by atoms with Crippen LogP contribution in [0, 0.1) is 0 Å². The van der Waals surface area contributed by atoms with Crippen molar-refractivity contribution in [2.75, 3.05) is 32.1 Å². The van der Waals surface area contributed by atoms with Gasteiger partial charge in [0, 0.05) is 30.2 Å². The summed E-state index contributed by atoms with van der Waals surface area (Å²) < 4.78 is 6.30. The van der Waals surface area contributed by atoms with Gasteiger partial charge in [0.1, 0.15) is 11.4 Å². The van der Waals surface area contributed by atoms with Crippen molar-refractivity contribution in [2.24, 2.45) is 0 Å². The Hall–Kier alpha value is -1.05. The van der Waals surface area contributed by atoms with Gasteiger partial charge in [0.05, 0.1) is 13.2 Å². The van der Waals surface area contributed by atoms with E-state index in [1.54, 1.807) is 16.7 Å². The quantitative estimate of drug-likeness (QED) is 0.766. The molecule has 0 saturated carbocycles. The first kappa shape index (κ1) is 16.8. The third-order valence-corrected chi connectivity index (χ3v) is 5.98. The van der Waals surface area contributed by atoms with Gasteiger partial charge >= 0.3 is 0 Å². The maximum absolute atomic E-state index is 12.8. The number of rotatable bonds is 2. The minimum absolute atomic E-state index is 0.0376. The molecule has 2 amide bonds. The van der Waals surface area contributed by atoms with Crippen molar-refractivity contribution < 1.29 is 14.3 Å². The smallest absolute Gasteiger partial charge is 0.246 e. The van der Waals surface area contributed by atoms with Crippen LogP contribution in [0.3, 0.4) is 0 Å². The molecule has 23 heavy (non-hydrogen) atoms. The first-order chi connectivity index (χ1) is 11.1. The second-order valence-electron chi connectivity index (χ2n) is 5.62. The molecule has 1 aromatic rings. The van der Waals surface area contributed by atoms with E-state index in [1.165, 1.54) is 6.92 Å². The highest BCUT2D eigenvalue weighted by atomic mass is 79.9. The lowest BCUT2D eigenvalue weighted by molar-refractivity contribution is -0.146. The number of hydrogen-bond donors (Lipinski definition) is 0. The highest BCUT2D eigenvalue weighted by Gasteiger charge is 2.42. The van der Waals surface area contributed by atoms with Gasteiger partial charge in [-0.25, -0.2) is 0 Å². The van der Waals surface area contributed by atoms with Crippen molar-refractivity contribution in [2.45, 2.75) is 18.3 Å². The topological polar surface area (TPSA) is 49.9 Å². The maximum Gasteiger partial charge on any atom is 0.246 e. The zero-order valence-corrected chi connectivity index (χ0v) is 15.3. The molecule has 5 nitrogen and oxygen atoms in total. The number of morpholine rings is 1. The molecule has 0 radical (unpaired) electrons. The number of amides is 2. The zero-order chi connectivity index (χ0) is 16.4. The Balaban J connectivity index is 1.80. The number of ether oxygens (including phenoxy) is 1. The number of benzene rings is 1. The number of carbonyl (C=O) groups excluding carboxylic acids is 2. The molecule has 124 valence electrons. The van der Waals surface area contributed by atoms with E-state index in [2.05, 4.69) is 15.9 Å². The Kier molecular flexibility index (Phi) is 5.28. The average Bonchev–Trinajstić information content (AvgIpc) is 3.01. The van der Waals surface area contributed by atoms with E-state index in [4.69, 9.17) is 4.74 Å². The van der Waals surface area contributed by atoms with Crippen LogP contribution in [-0.2, 0) is 14.3 Å². The molecule has 2 heterocycles. The third kappa shape index (κ3) is 3.56. The molecule has 0 aromatic heterocycles. The third-order valence-electron chi connectivity index (χ3n) is 4.13. The first-order valence-corrected chi connectivity index (χ1v) is 9.44. The van der Waals surface area contributed by atoms with Gasteiger partial charge in [0.25, 0.3) is 0 Å². The number of halogens is 1. The minimum atomic E-state index is -0.385. The second-order valence-corrected chi connectivity index (χ2v) is 7.65. The molecule has 0 bridgehead atoms. The van der Waals surface area contributed by atoms with Gasteiger partial charge in [-0.15, -0.1) is 11.8 Å². The average molecular weight is 399 g/mol. The van der Waals surface area contributed by atoms with E-state index in [1.807, 2.05) is 29.2 Å². The fraction of sp³-hybridized carbons (Fsp3) is 0.500. The molecule has 7 heteroatoms. The molecule has 2 saturated heterocycles. The van der Waals surface area contributed by atoms with Gasteiger partial charge in [-0.1, -0.05) is 28.1 Å². The fourth-order valence-electron chi connectivity index (χ4n) is 2.96. The number of carbonyl (C=O) groups is 2. The zero-order valence-electron chi connectivity index (χ0n) is 12.9. The summed E-state index contributed by atoms with van der Waals surface area (Å²) in [7, 11) is 0. The Morgan fingerprint density at radius 1 is 1.22 bits per heavy atom. The molecule has 2 aliphatic heterocycles. The van der Waals surface area contributed by atoms with E-state index in [9.17, 15) is 9.59 Å². The molecule has 2 atom stereocenters. The van der Waals surface area contributed by atoms with E-state index in [0.29, 0.717) is 32.1 Å². The summed E-state index contributed by atoms with van der Waals surface area (Å²) in [5, 5.41) is -0.101. The molecule has 0 unspecified atom stereocenters. The van der Waals surface area contributed by atoms with Crippen LogP contribution in [0.4, 0.5) is 0 Å². The first-order valence-electron chi connectivity index (χ1n) is 7.60. The van der Waals surface area contributed by atoms with Gasteiger partial charge in [0.15, 0.2) is 0 Å². The Labute approximate surface area is 148 Å². The molecule has 0 N–H and O–H groups in total. The van der Waals surface area contributed by atoms with Gasteiger partial charge in [0.2, 0.25) is 11.8 Å². The lowest BCUT2D eigenvalue weighted by Crippen LogP contribution is -2.52. The summed E-state index contributed by atoms with van der Waals surface area (Å²) >= 11 is 5.07. The van der Waals surface area contributed by atoms with Crippen LogP contribution in [0.1, 0.15) is 17.9 Å². The summed E-state index contributed by atoms with van der Waals surface area (Å²) in [5.41, 5.74) is 1.05. The van der Waals surface area contributed by atoms with Crippen molar-refractivity contribution in [1.82, 2.24) is 9.80 Å². The van der Waals surface area contributed by atoms with Crippen LogP contribution in [-0.4, -0.2) is 59.7 Å². The molecule has 1 aromatic carbocycles.